The summed E-state index contributed by atoms with van der Waals surface area (Å²) in [5, 5.41) is 8.88. The van der Waals surface area contributed by atoms with Crippen molar-refractivity contribution in [2.75, 3.05) is 24.5 Å². The van der Waals surface area contributed by atoms with Crippen molar-refractivity contribution in [3.63, 3.8) is 0 Å². The minimum Gasteiger partial charge on any atom is -0.481 e. The van der Waals surface area contributed by atoms with Gasteiger partial charge in [-0.2, -0.15) is 0 Å². The van der Waals surface area contributed by atoms with Gasteiger partial charge in [0.1, 0.15) is 0 Å². The Morgan fingerprint density at radius 1 is 1.19 bits per heavy atom. The number of carboxylic acid groups (broad SMARTS) is 1. The molecule has 1 aromatic carbocycles. The first-order valence-corrected chi connectivity index (χ1v) is 7.29. The van der Waals surface area contributed by atoms with E-state index in [-0.39, 0.29) is 19.0 Å². The zero-order chi connectivity index (χ0) is 15.8. The maximum atomic E-state index is 12.7. The molecule has 0 fully saturated rings. The standard InChI is InChI=1S/C16H24N2O3/c1-4-17(12-13(2)3)16(21)18(11-10-15(19)20)14-8-6-5-7-9-14/h5-9,13H,4,10-12H2,1-3H3,(H,19,20). The fourth-order valence-electron chi connectivity index (χ4n) is 2.10. The normalized spacial score (nSPS) is 10.5. The number of carbonyl (C=O) groups excluding carboxylic acids is 1. The molecule has 0 aromatic heterocycles. The molecule has 0 radical (unpaired) electrons. The zero-order valence-electron chi connectivity index (χ0n) is 13.0. The molecule has 1 rings (SSSR count). The van der Waals surface area contributed by atoms with Gasteiger partial charge in [-0.15, -0.1) is 0 Å². The molecule has 0 atom stereocenters. The van der Waals surface area contributed by atoms with Crippen molar-refractivity contribution in [3.8, 4) is 0 Å². The average molecular weight is 292 g/mol. The SMILES string of the molecule is CCN(CC(C)C)C(=O)N(CCC(=O)O)c1ccccc1. The lowest BCUT2D eigenvalue weighted by atomic mass is 10.2. The van der Waals surface area contributed by atoms with Gasteiger partial charge in [-0.25, -0.2) is 4.79 Å². The fourth-order valence-corrected chi connectivity index (χ4v) is 2.10. The Kier molecular flexibility index (Phi) is 6.72. The van der Waals surface area contributed by atoms with Crippen LogP contribution in [0.2, 0.25) is 0 Å². The first-order chi connectivity index (χ1) is 9.95. The van der Waals surface area contributed by atoms with Crippen molar-refractivity contribution in [1.82, 2.24) is 4.90 Å². The van der Waals surface area contributed by atoms with Gasteiger partial charge in [-0.3, -0.25) is 9.69 Å². The summed E-state index contributed by atoms with van der Waals surface area (Å²) in [5.74, 6) is -0.540. The molecule has 116 valence electrons. The lowest BCUT2D eigenvalue weighted by molar-refractivity contribution is -0.136. The van der Waals surface area contributed by atoms with Crippen molar-refractivity contribution < 1.29 is 14.7 Å². The zero-order valence-corrected chi connectivity index (χ0v) is 13.0. The molecule has 0 spiro atoms. The van der Waals surface area contributed by atoms with Crippen LogP contribution in [0.4, 0.5) is 10.5 Å². The molecule has 0 saturated heterocycles. The van der Waals surface area contributed by atoms with Gasteiger partial charge in [-0.05, 0) is 25.0 Å². The summed E-state index contributed by atoms with van der Waals surface area (Å²) in [7, 11) is 0. The summed E-state index contributed by atoms with van der Waals surface area (Å²) in [6, 6.07) is 9.06. The molecule has 0 bridgehead atoms. The summed E-state index contributed by atoms with van der Waals surface area (Å²) in [6.45, 7) is 7.48. The Bertz CT molecular complexity index is 460. The number of anilines is 1. The van der Waals surface area contributed by atoms with Gasteiger partial charge in [-0.1, -0.05) is 32.0 Å². The predicted octanol–water partition coefficient (Wildman–Crippen LogP) is 3.07. The lowest BCUT2D eigenvalue weighted by Crippen LogP contribution is -2.45. The highest BCUT2D eigenvalue weighted by Gasteiger charge is 2.22. The quantitative estimate of drug-likeness (QED) is 0.840. The monoisotopic (exact) mass is 292 g/mol. The van der Waals surface area contributed by atoms with E-state index in [0.29, 0.717) is 19.0 Å². The number of rotatable bonds is 7. The highest BCUT2D eigenvalue weighted by molar-refractivity contribution is 5.92. The second-order valence-electron chi connectivity index (χ2n) is 5.35. The lowest BCUT2D eigenvalue weighted by Gasteiger charge is -2.31. The molecule has 2 amide bonds. The summed E-state index contributed by atoms with van der Waals surface area (Å²) in [4.78, 5) is 26.8. The van der Waals surface area contributed by atoms with Crippen LogP contribution in [0.3, 0.4) is 0 Å². The van der Waals surface area contributed by atoms with Crippen LogP contribution in [0.5, 0.6) is 0 Å². The van der Waals surface area contributed by atoms with E-state index in [1.165, 1.54) is 0 Å². The molecule has 0 saturated carbocycles. The third-order valence-corrected chi connectivity index (χ3v) is 3.09. The van der Waals surface area contributed by atoms with E-state index in [1.807, 2.05) is 37.3 Å². The molecule has 0 heterocycles. The van der Waals surface area contributed by atoms with Crippen molar-refractivity contribution in [2.24, 2.45) is 5.92 Å². The number of urea groups is 1. The van der Waals surface area contributed by atoms with E-state index in [1.54, 1.807) is 9.80 Å². The van der Waals surface area contributed by atoms with E-state index in [9.17, 15) is 9.59 Å². The second kappa shape index (κ2) is 8.29. The highest BCUT2D eigenvalue weighted by atomic mass is 16.4. The Balaban J connectivity index is 2.94. The number of amides is 2. The van der Waals surface area contributed by atoms with Crippen LogP contribution in [0.15, 0.2) is 30.3 Å². The molecule has 0 aliphatic carbocycles. The van der Waals surface area contributed by atoms with Crippen LogP contribution in [0.1, 0.15) is 27.2 Å². The molecule has 1 N–H and O–H groups in total. The first-order valence-electron chi connectivity index (χ1n) is 7.29. The number of hydrogen-bond donors (Lipinski definition) is 1. The summed E-state index contributed by atoms with van der Waals surface area (Å²) < 4.78 is 0. The van der Waals surface area contributed by atoms with E-state index in [2.05, 4.69) is 13.8 Å². The van der Waals surface area contributed by atoms with Crippen molar-refractivity contribution in [1.29, 1.82) is 0 Å². The van der Waals surface area contributed by atoms with E-state index in [0.717, 1.165) is 5.69 Å². The molecular formula is C16H24N2O3. The van der Waals surface area contributed by atoms with E-state index < -0.39 is 5.97 Å². The van der Waals surface area contributed by atoms with Crippen LogP contribution < -0.4 is 4.90 Å². The summed E-state index contributed by atoms with van der Waals surface area (Å²) in [6.07, 6.45) is -0.0696. The highest BCUT2D eigenvalue weighted by Crippen LogP contribution is 2.16. The minimum absolute atomic E-state index is 0.0696. The van der Waals surface area contributed by atoms with Gasteiger partial charge in [0, 0.05) is 25.3 Å². The number of para-hydroxylation sites is 1. The number of carboxylic acids is 1. The van der Waals surface area contributed by atoms with Crippen molar-refractivity contribution in [2.45, 2.75) is 27.2 Å². The van der Waals surface area contributed by atoms with Crippen LogP contribution in [-0.4, -0.2) is 41.6 Å². The maximum absolute atomic E-state index is 12.7. The molecule has 5 heteroatoms. The van der Waals surface area contributed by atoms with Crippen LogP contribution in [0.25, 0.3) is 0 Å². The number of benzene rings is 1. The van der Waals surface area contributed by atoms with Crippen molar-refractivity contribution in [3.05, 3.63) is 30.3 Å². The largest absolute Gasteiger partial charge is 0.481 e. The van der Waals surface area contributed by atoms with Crippen LogP contribution in [0, 0.1) is 5.92 Å². The molecular weight excluding hydrogens is 268 g/mol. The molecule has 21 heavy (non-hydrogen) atoms. The Morgan fingerprint density at radius 2 is 1.81 bits per heavy atom. The summed E-state index contributed by atoms with van der Waals surface area (Å²) >= 11 is 0. The van der Waals surface area contributed by atoms with Gasteiger partial charge >= 0.3 is 12.0 Å². The van der Waals surface area contributed by atoms with Crippen LogP contribution >= 0.6 is 0 Å². The second-order valence-corrected chi connectivity index (χ2v) is 5.35. The Morgan fingerprint density at radius 3 is 2.29 bits per heavy atom. The van der Waals surface area contributed by atoms with Gasteiger partial charge < -0.3 is 10.0 Å². The smallest absolute Gasteiger partial charge is 0.324 e. The Labute approximate surface area is 126 Å². The Hall–Kier alpha value is -2.04. The van der Waals surface area contributed by atoms with Crippen LogP contribution in [-0.2, 0) is 4.79 Å². The molecule has 0 aliphatic rings. The minimum atomic E-state index is -0.907. The molecule has 5 nitrogen and oxygen atoms in total. The summed E-state index contributed by atoms with van der Waals surface area (Å²) in [5.41, 5.74) is 0.728. The van der Waals surface area contributed by atoms with Crippen molar-refractivity contribution >= 4 is 17.7 Å². The number of hydrogen-bond acceptors (Lipinski definition) is 2. The van der Waals surface area contributed by atoms with Gasteiger partial charge in [0.05, 0.1) is 6.42 Å². The van der Waals surface area contributed by atoms with E-state index in [4.69, 9.17) is 5.11 Å². The van der Waals surface area contributed by atoms with Gasteiger partial charge in [0.2, 0.25) is 0 Å². The van der Waals surface area contributed by atoms with Gasteiger partial charge in [0.25, 0.3) is 0 Å². The third kappa shape index (κ3) is 5.45. The number of carbonyl (C=O) groups is 2. The number of aliphatic carboxylic acids is 1. The fraction of sp³-hybridized carbons (Fsp3) is 0.500. The molecule has 1 aromatic rings. The topological polar surface area (TPSA) is 60.9 Å². The average Bonchev–Trinajstić information content (AvgIpc) is 2.45. The number of nitrogens with zero attached hydrogens (tertiary/aromatic N) is 2. The maximum Gasteiger partial charge on any atom is 0.324 e. The molecule has 0 aliphatic heterocycles. The molecule has 0 unspecified atom stereocenters. The third-order valence-electron chi connectivity index (χ3n) is 3.09. The predicted molar refractivity (Wildman–Crippen MR) is 83.5 cm³/mol. The van der Waals surface area contributed by atoms with E-state index >= 15 is 0 Å². The van der Waals surface area contributed by atoms with Gasteiger partial charge in [0.15, 0.2) is 0 Å². The first kappa shape index (κ1) is 17.0.